The van der Waals surface area contributed by atoms with Gasteiger partial charge in [0.05, 0.1) is 28.8 Å². The zero-order valence-corrected chi connectivity index (χ0v) is 25.7. The zero-order valence-electron chi connectivity index (χ0n) is 24.9. The molecule has 11 heteroatoms. The average molecular weight is 627 g/mol. The minimum atomic E-state index is -1.09. The third kappa shape index (κ3) is 5.74. The van der Waals surface area contributed by atoms with E-state index in [1.54, 1.807) is 43.3 Å². The van der Waals surface area contributed by atoms with Crippen LogP contribution in [0.25, 0.3) is 5.76 Å². The van der Waals surface area contributed by atoms with Crippen LogP contribution in [0.3, 0.4) is 0 Å². The highest BCUT2D eigenvalue weighted by atomic mass is 32.1. The van der Waals surface area contributed by atoms with Crippen molar-refractivity contribution in [2.45, 2.75) is 33.4 Å². The van der Waals surface area contributed by atoms with Gasteiger partial charge in [-0.2, -0.15) is 0 Å². The summed E-state index contributed by atoms with van der Waals surface area (Å²) in [5.74, 6) is -0.585. The van der Waals surface area contributed by atoms with Gasteiger partial charge in [-0.05, 0) is 55.3 Å². The summed E-state index contributed by atoms with van der Waals surface area (Å²) in [4.78, 5) is 45.8. The van der Waals surface area contributed by atoms with Crippen LogP contribution in [0.5, 0.6) is 23.0 Å². The first-order valence-electron chi connectivity index (χ1n) is 14.4. The van der Waals surface area contributed by atoms with Gasteiger partial charge in [-0.15, -0.1) is 0 Å². The van der Waals surface area contributed by atoms with Gasteiger partial charge in [-0.3, -0.25) is 19.3 Å². The van der Waals surface area contributed by atoms with Gasteiger partial charge in [0.1, 0.15) is 25.6 Å². The number of aryl methyl sites for hydroxylation is 1. The number of ether oxygens (including phenoxy) is 4. The lowest BCUT2D eigenvalue weighted by Crippen LogP contribution is -2.29. The van der Waals surface area contributed by atoms with E-state index >= 15 is 0 Å². The molecular weight excluding hydrogens is 596 g/mol. The second-order valence-electron chi connectivity index (χ2n) is 10.4. The molecule has 0 spiro atoms. The van der Waals surface area contributed by atoms with Crippen LogP contribution in [-0.4, -0.2) is 47.4 Å². The summed E-state index contributed by atoms with van der Waals surface area (Å²) in [6.45, 7) is 6.28. The highest BCUT2D eigenvalue weighted by molar-refractivity contribution is 7.18. The summed E-state index contributed by atoms with van der Waals surface area (Å²) >= 11 is 1.02. The van der Waals surface area contributed by atoms with Crippen LogP contribution in [0.1, 0.15) is 51.9 Å². The summed E-state index contributed by atoms with van der Waals surface area (Å²) in [5.41, 5.74) is 2.01. The molecule has 1 saturated heterocycles. The van der Waals surface area contributed by atoms with Crippen molar-refractivity contribution >= 4 is 39.7 Å². The van der Waals surface area contributed by atoms with Crippen molar-refractivity contribution in [1.29, 1.82) is 0 Å². The Kier molecular flexibility index (Phi) is 8.27. The number of fused-ring (bicyclic) bond motifs is 1. The van der Waals surface area contributed by atoms with Crippen molar-refractivity contribution in [3.05, 3.63) is 99.6 Å². The second kappa shape index (κ2) is 12.4. The number of nitrogens with zero attached hydrogens (tertiary/aromatic N) is 2. The fourth-order valence-corrected chi connectivity index (χ4v) is 6.31. The standard InChI is InChI=1S/C34H30N2O8S/c1-4-41-26-16-22(10-12-25(26)44-18-21-8-6-5-7-9-21)29-28(30(38)23-11-13-24-27(17-23)43-15-14-42-24)31(39)33(40)36(29)34-35-19(2)32(45-34)20(3)37/h5-13,16-17,29,38H,4,14-15,18H2,1-3H3/b30-28-. The minimum absolute atomic E-state index is 0.144. The van der Waals surface area contributed by atoms with Crippen LogP contribution in [-0.2, 0) is 16.2 Å². The average Bonchev–Trinajstić information content (AvgIpc) is 3.56. The fourth-order valence-electron chi connectivity index (χ4n) is 5.32. The molecule has 45 heavy (non-hydrogen) atoms. The minimum Gasteiger partial charge on any atom is -0.507 e. The molecule has 6 rings (SSSR count). The van der Waals surface area contributed by atoms with Crippen molar-refractivity contribution in [1.82, 2.24) is 4.98 Å². The molecular formula is C34H30N2O8S. The Bertz CT molecular complexity index is 1830. The Morgan fingerprint density at radius 1 is 1.00 bits per heavy atom. The fraction of sp³-hybridized carbons (Fsp3) is 0.235. The number of rotatable bonds is 9. The number of amides is 1. The lowest BCUT2D eigenvalue weighted by molar-refractivity contribution is -0.132. The summed E-state index contributed by atoms with van der Waals surface area (Å²) in [6.07, 6.45) is 0. The number of carbonyl (C=O) groups is 3. The normalized spacial score (nSPS) is 17.0. The Balaban J connectivity index is 1.48. The number of thiazole rings is 1. The van der Waals surface area contributed by atoms with E-state index < -0.39 is 17.7 Å². The quantitative estimate of drug-likeness (QED) is 0.103. The van der Waals surface area contributed by atoms with Gasteiger partial charge in [0.2, 0.25) is 0 Å². The Morgan fingerprint density at radius 3 is 2.47 bits per heavy atom. The molecule has 3 heterocycles. The maximum atomic E-state index is 13.7. The van der Waals surface area contributed by atoms with Gasteiger partial charge in [0, 0.05) is 12.5 Å². The molecule has 1 amide bonds. The summed E-state index contributed by atoms with van der Waals surface area (Å²) in [6, 6.07) is 18.5. The number of aliphatic hydroxyl groups excluding tert-OH is 1. The summed E-state index contributed by atoms with van der Waals surface area (Å²) in [5, 5.41) is 11.8. The Labute approximate surface area is 263 Å². The molecule has 1 N–H and O–H groups in total. The molecule has 1 unspecified atom stereocenters. The summed E-state index contributed by atoms with van der Waals surface area (Å²) < 4.78 is 23.3. The van der Waals surface area contributed by atoms with Crippen LogP contribution in [0.15, 0.2) is 72.3 Å². The maximum absolute atomic E-state index is 13.7. The van der Waals surface area contributed by atoms with E-state index in [9.17, 15) is 19.5 Å². The maximum Gasteiger partial charge on any atom is 0.301 e. The molecule has 4 aromatic rings. The highest BCUT2D eigenvalue weighted by Gasteiger charge is 2.48. The van der Waals surface area contributed by atoms with Gasteiger partial charge in [0.15, 0.2) is 33.9 Å². The number of hydrogen-bond acceptors (Lipinski definition) is 10. The second-order valence-corrected chi connectivity index (χ2v) is 11.4. The first-order valence-corrected chi connectivity index (χ1v) is 15.2. The van der Waals surface area contributed by atoms with Crippen LogP contribution >= 0.6 is 11.3 Å². The van der Waals surface area contributed by atoms with Crippen LogP contribution in [0.4, 0.5) is 5.13 Å². The molecule has 1 atom stereocenters. The van der Waals surface area contributed by atoms with E-state index in [0.29, 0.717) is 65.6 Å². The number of aromatic nitrogens is 1. The van der Waals surface area contributed by atoms with E-state index in [0.717, 1.165) is 16.9 Å². The predicted octanol–water partition coefficient (Wildman–Crippen LogP) is 6.03. The number of hydrogen-bond donors (Lipinski definition) is 1. The van der Waals surface area contributed by atoms with E-state index in [1.807, 2.05) is 37.3 Å². The van der Waals surface area contributed by atoms with Crippen molar-refractivity contribution in [3.8, 4) is 23.0 Å². The number of Topliss-reactive ketones (excluding diaryl/α,β-unsaturated/α-hetero) is 2. The monoisotopic (exact) mass is 626 g/mol. The molecule has 3 aromatic carbocycles. The van der Waals surface area contributed by atoms with E-state index in [1.165, 1.54) is 11.8 Å². The molecule has 0 bridgehead atoms. The predicted molar refractivity (Wildman–Crippen MR) is 167 cm³/mol. The number of benzene rings is 3. The van der Waals surface area contributed by atoms with Crippen molar-refractivity contribution in [2.24, 2.45) is 0 Å². The van der Waals surface area contributed by atoms with Gasteiger partial charge < -0.3 is 24.1 Å². The number of ketones is 2. The van der Waals surface area contributed by atoms with Crippen LogP contribution in [0.2, 0.25) is 0 Å². The van der Waals surface area contributed by atoms with E-state index in [2.05, 4.69) is 4.98 Å². The van der Waals surface area contributed by atoms with Crippen LogP contribution < -0.4 is 23.8 Å². The molecule has 0 radical (unpaired) electrons. The van der Waals surface area contributed by atoms with E-state index in [-0.39, 0.29) is 27.8 Å². The van der Waals surface area contributed by atoms with Crippen LogP contribution in [0, 0.1) is 6.92 Å². The first-order chi connectivity index (χ1) is 21.8. The van der Waals surface area contributed by atoms with Crippen molar-refractivity contribution in [3.63, 3.8) is 0 Å². The smallest absolute Gasteiger partial charge is 0.301 e. The van der Waals surface area contributed by atoms with E-state index in [4.69, 9.17) is 18.9 Å². The van der Waals surface area contributed by atoms with Gasteiger partial charge in [-0.25, -0.2) is 4.98 Å². The lowest BCUT2D eigenvalue weighted by Gasteiger charge is -2.24. The number of aliphatic hydroxyl groups is 1. The third-order valence-corrected chi connectivity index (χ3v) is 8.65. The Hall–Kier alpha value is -5.16. The SMILES string of the molecule is CCOc1cc(C2/C(=C(/O)c3ccc4c(c3)OCCO4)C(=O)C(=O)N2c2nc(C)c(C(C)=O)s2)ccc1OCc1ccccc1. The van der Waals surface area contributed by atoms with Crippen molar-refractivity contribution < 1.29 is 38.4 Å². The zero-order chi connectivity index (χ0) is 31.7. The Morgan fingerprint density at radius 2 is 1.76 bits per heavy atom. The molecule has 0 saturated carbocycles. The van der Waals surface area contributed by atoms with Gasteiger partial charge >= 0.3 is 5.91 Å². The first kappa shape index (κ1) is 29.9. The molecule has 230 valence electrons. The number of anilines is 1. The topological polar surface area (TPSA) is 124 Å². The lowest BCUT2D eigenvalue weighted by atomic mass is 9.95. The molecule has 2 aliphatic rings. The highest BCUT2D eigenvalue weighted by Crippen LogP contribution is 2.46. The number of carbonyl (C=O) groups excluding carboxylic acids is 3. The summed E-state index contributed by atoms with van der Waals surface area (Å²) in [7, 11) is 0. The molecule has 1 aromatic heterocycles. The molecule has 1 fully saturated rings. The molecule has 10 nitrogen and oxygen atoms in total. The third-order valence-electron chi connectivity index (χ3n) is 7.39. The van der Waals surface area contributed by atoms with Crippen molar-refractivity contribution in [2.75, 3.05) is 24.7 Å². The molecule has 0 aliphatic carbocycles. The molecule has 2 aliphatic heterocycles. The largest absolute Gasteiger partial charge is 0.507 e. The van der Waals surface area contributed by atoms with Gasteiger partial charge in [0.25, 0.3) is 5.78 Å². The van der Waals surface area contributed by atoms with Gasteiger partial charge in [-0.1, -0.05) is 47.7 Å².